The van der Waals surface area contributed by atoms with Crippen molar-refractivity contribution in [2.45, 2.75) is 51.6 Å². The van der Waals surface area contributed by atoms with E-state index in [0.717, 1.165) is 6.54 Å². The van der Waals surface area contributed by atoms with Crippen molar-refractivity contribution >= 4 is 0 Å². The maximum atomic E-state index is 6.03. The highest BCUT2D eigenvalue weighted by Gasteiger charge is 2.22. The Hall–Kier alpha value is -0.870. The standard InChI is InChI=1S/C14H26N4/c1-2-17-12-16-11-14(17)13(10-15)18-8-6-4-3-5-7-9-18/h11-13H,2-10,15H2,1H3. The molecule has 1 aliphatic rings. The molecule has 1 unspecified atom stereocenters. The Labute approximate surface area is 110 Å². The van der Waals surface area contributed by atoms with Crippen molar-refractivity contribution in [2.24, 2.45) is 5.73 Å². The van der Waals surface area contributed by atoms with Gasteiger partial charge in [-0.05, 0) is 32.9 Å². The Balaban J connectivity index is 2.10. The second-order valence-corrected chi connectivity index (χ2v) is 5.16. The van der Waals surface area contributed by atoms with Crippen molar-refractivity contribution in [2.75, 3.05) is 19.6 Å². The zero-order chi connectivity index (χ0) is 12.8. The second-order valence-electron chi connectivity index (χ2n) is 5.16. The predicted molar refractivity (Wildman–Crippen MR) is 74.4 cm³/mol. The SMILES string of the molecule is CCn1cncc1C(CN)N1CCCCCCC1. The Morgan fingerprint density at radius 2 is 1.89 bits per heavy atom. The van der Waals surface area contributed by atoms with E-state index in [1.165, 1.54) is 50.9 Å². The van der Waals surface area contributed by atoms with E-state index in [2.05, 4.69) is 21.4 Å². The molecule has 1 fully saturated rings. The minimum absolute atomic E-state index is 0.338. The van der Waals surface area contributed by atoms with Crippen LogP contribution < -0.4 is 5.73 Å². The third-order valence-electron chi connectivity index (χ3n) is 3.98. The first-order valence-corrected chi connectivity index (χ1v) is 7.31. The van der Waals surface area contributed by atoms with E-state index >= 15 is 0 Å². The fourth-order valence-electron chi connectivity index (χ4n) is 2.91. The highest BCUT2D eigenvalue weighted by atomic mass is 15.2. The smallest absolute Gasteiger partial charge is 0.0948 e. The molecule has 0 aliphatic carbocycles. The number of hydrogen-bond donors (Lipinski definition) is 1. The van der Waals surface area contributed by atoms with E-state index in [1.54, 1.807) is 0 Å². The number of likely N-dealkylation sites (tertiary alicyclic amines) is 1. The lowest BCUT2D eigenvalue weighted by molar-refractivity contribution is 0.177. The van der Waals surface area contributed by atoms with Crippen molar-refractivity contribution in [1.29, 1.82) is 0 Å². The summed E-state index contributed by atoms with van der Waals surface area (Å²) in [6.07, 6.45) is 10.6. The molecule has 1 saturated heterocycles. The van der Waals surface area contributed by atoms with Gasteiger partial charge in [0.25, 0.3) is 0 Å². The number of hydrogen-bond acceptors (Lipinski definition) is 3. The maximum Gasteiger partial charge on any atom is 0.0948 e. The van der Waals surface area contributed by atoms with Gasteiger partial charge in [0.1, 0.15) is 0 Å². The number of imidazole rings is 1. The van der Waals surface area contributed by atoms with E-state index in [-0.39, 0.29) is 0 Å². The Kier molecular flexibility index (Phi) is 5.20. The zero-order valence-corrected chi connectivity index (χ0v) is 11.5. The molecule has 4 nitrogen and oxygen atoms in total. The molecule has 4 heteroatoms. The van der Waals surface area contributed by atoms with Gasteiger partial charge in [-0.25, -0.2) is 4.98 Å². The van der Waals surface area contributed by atoms with Gasteiger partial charge < -0.3 is 10.3 Å². The van der Waals surface area contributed by atoms with Gasteiger partial charge in [-0.1, -0.05) is 19.3 Å². The molecule has 1 atom stereocenters. The summed E-state index contributed by atoms with van der Waals surface area (Å²) in [5, 5.41) is 0. The molecule has 0 radical (unpaired) electrons. The fourth-order valence-corrected chi connectivity index (χ4v) is 2.91. The van der Waals surface area contributed by atoms with Crippen LogP contribution in [0.5, 0.6) is 0 Å². The van der Waals surface area contributed by atoms with Crippen LogP contribution in [0.4, 0.5) is 0 Å². The first-order valence-electron chi connectivity index (χ1n) is 7.31. The van der Waals surface area contributed by atoms with Crippen LogP contribution in [0.2, 0.25) is 0 Å². The van der Waals surface area contributed by atoms with Crippen molar-refractivity contribution in [3.05, 3.63) is 18.2 Å². The van der Waals surface area contributed by atoms with Crippen LogP contribution in [0.3, 0.4) is 0 Å². The second kappa shape index (κ2) is 6.90. The van der Waals surface area contributed by atoms with Gasteiger partial charge in [0, 0.05) is 19.3 Å². The number of nitrogens with two attached hydrogens (primary N) is 1. The molecule has 102 valence electrons. The molecule has 2 heterocycles. The third-order valence-corrected chi connectivity index (χ3v) is 3.98. The van der Waals surface area contributed by atoms with Crippen LogP contribution >= 0.6 is 0 Å². The number of nitrogens with zero attached hydrogens (tertiary/aromatic N) is 3. The van der Waals surface area contributed by atoms with Crippen molar-refractivity contribution in [1.82, 2.24) is 14.5 Å². The minimum atomic E-state index is 0.338. The van der Waals surface area contributed by atoms with Crippen LogP contribution in [0.15, 0.2) is 12.5 Å². The predicted octanol–water partition coefficient (Wildman–Crippen LogP) is 2.17. The molecule has 0 saturated carbocycles. The minimum Gasteiger partial charge on any atom is -0.333 e. The lowest BCUT2D eigenvalue weighted by Gasteiger charge is -2.32. The summed E-state index contributed by atoms with van der Waals surface area (Å²) >= 11 is 0. The molecule has 0 bridgehead atoms. The summed E-state index contributed by atoms with van der Waals surface area (Å²) in [7, 11) is 0. The topological polar surface area (TPSA) is 47.1 Å². The highest BCUT2D eigenvalue weighted by Crippen LogP contribution is 2.22. The Morgan fingerprint density at radius 3 is 2.50 bits per heavy atom. The van der Waals surface area contributed by atoms with E-state index < -0.39 is 0 Å². The Morgan fingerprint density at radius 1 is 1.22 bits per heavy atom. The van der Waals surface area contributed by atoms with E-state index in [1.807, 2.05) is 12.5 Å². The largest absolute Gasteiger partial charge is 0.333 e. The molecular formula is C14H26N4. The van der Waals surface area contributed by atoms with Crippen molar-refractivity contribution in [3.8, 4) is 0 Å². The van der Waals surface area contributed by atoms with Crippen LogP contribution in [-0.4, -0.2) is 34.1 Å². The first-order chi connectivity index (χ1) is 8.86. The average Bonchev–Trinajstić information content (AvgIpc) is 2.80. The molecule has 2 rings (SSSR count). The van der Waals surface area contributed by atoms with Gasteiger partial charge in [0.15, 0.2) is 0 Å². The van der Waals surface area contributed by atoms with Crippen LogP contribution in [0.25, 0.3) is 0 Å². The third kappa shape index (κ3) is 3.12. The molecule has 1 aromatic heterocycles. The summed E-state index contributed by atoms with van der Waals surface area (Å²) < 4.78 is 2.22. The monoisotopic (exact) mass is 250 g/mol. The maximum absolute atomic E-state index is 6.03. The fraction of sp³-hybridized carbons (Fsp3) is 0.786. The molecular weight excluding hydrogens is 224 g/mol. The summed E-state index contributed by atoms with van der Waals surface area (Å²) in [5.74, 6) is 0. The quantitative estimate of drug-likeness (QED) is 0.891. The summed E-state index contributed by atoms with van der Waals surface area (Å²) in [6.45, 7) is 6.17. The molecule has 18 heavy (non-hydrogen) atoms. The van der Waals surface area contributed by atoms with Gasteiger partial charge in [0.05, 0.1) is 18.1 Å². The number of aromatic nitrogens is 2. The van der Waals surface area contributed by atoms with E-state index in [9.17, 15) is 0 Å². The molecule has 0 amide bonds. The number of aryl methyl sites for hydroxylation is 1. The van der Waals surface area contributed by atoms with Crippen LogP contribution in [0.1, 0.15) is 50.8 Å². The first kappa shape index (κ1) is 13.6. The normalized spacial score (nSPS) is 20.3. The van der Waals surface area contributed by atoms with Gasteiger partial charge >= 0.3 is 0 Å². The van der Waals surface area contributed by atoms with Crippen molar-refractivity contribution in [3.63, 3.8) is 0 Å². The van der Waals surface area contributed by atoms with E-state index in [0.29, 0.717) is 12.6 Å². The average molecular weight is 250 g/mol. The molecule has 0 spiro atoms. The molecule has 1 aliphatic heterocycles. The summed E-state index contributed by atoms with van der Waals surface area (Å²) in [5.41, 5.74) is 7.30. The molecule has 0 aromatic carbocycles. The summed E-state index contributed by atoms with van der Waals surface area (Å²) in [4.78, 5) is 6.84. The van der Waals surface area contributed by atoms with Crippen LogP contribution in [0, 0.1) is 0 Å². The van der Waals surface area contributed by atoms with E-state index in [4.69, 9.17) is 5.73 Å². The van der Waals surface area contributed by atoms with Crippen LogP contribution in [-0.2, 0) is 6.54 Å². The van der Waals surface area contributed by atoms with Gasteiger partial charge in [-0.3, -0.25) is 4.90 Å². The van der Waals surface area contributed by atoms with Gasteiger partial charge in [0.2, 0.25) is 0 Å². The summed E-state index contributed by atoms with van der Waals surface area (Å²) in [6, 6.07) is 0.338. The van der Waals surface area contributed by atoms with Gasteiger partial charge in [-0.2, -0.15) is 0 Å². The van der Waals surface area contributed by atoms with Gasteiger partial charge in [-0.15, -0.1) is 0 Å². The lowest BCUT2D eigenvalue weighted by atomic mass is 10.1. The van der Waals surface area contributed by atoms with Crippen molar-refractivity contribution < 1.29 is 0 Å². The number of rotatable bonds is 4. The molecule has 1 aromatic rings. The lowest BCUT2D eigenvalue weighted by Crippen LogP contribution is -2.37. The highest BCUT2D eigenvalue weighted by molar-refractivity contribution is 5.06. The zero-order valence-electron chi connectivity index (χ0n) is 11.5. The Bertz CT molecular complexity index is 339. The molecule has 2 N–H and O–H groups in total.